The second-order valence-electron chi connectivity index (χ2n) is 18.7. The summed E-state index contributed by atoms with van der Waals surface area (Å²) >= 11 is 0. The Bertz CT molecular complexity index is 1980. The minimum atomic E-state index is -1.06. The number of benzene rings is 1. The van der Waals surface area contributed by atoms with Crippen LogP contribution < -0.4 is 21.7 Å². The molecular formula is C50H72N6O8. The zero-order valence-electron chi connectivity index (χ0n) is 39.0. The van der Waals surface area contributed by atoms with E-state index in [4.69, 9.17) is 29.9 Å². The summed E-state index contributed by atoms with van der Waals surface area (Å²) in [6, 6.07) is 15.9. The van der Waals surface area contributed by atoms with Crippen LogP contribution in [-0.4, -0.2) is 76.2 Å². The molecule has 2 heterocycles. The standard InChI is InChI=1S/C29H39N3O5.C21H33N3O3/c1-29(2,3)37-27(34)25(32-28(35)36-20-21-11-5-4-6-12-21)19-30-26(33)16-10-8-14-23-18-17-22-13-7-9-15-24(22)31-23;1-21(2,3)27-20(26)17(22)14-23-19(25)11-7-5-9-16-13-12-15-8-4-6-10-18(15)24-16/h4-6,11-12,17-18,25H,7-10,13-16,19-20H2,1-3H3,(H,30,33)(H,32,35);12-13,17H,4-11,14,22H2,1-3H3,(H,23,25)/t25-;17-/m00/s1. The number of alkyl carbamates (subject to hydrolysis) is 1. The number of hydrogen-bond donors (Lipinski definition) is 4. The van der Waals surface area contributed by atoms with Crippen molar-refractivity contribution in [3.63, 3.8) is 0 Å². The Balaban J connectivity index is 0.000000295. The number of ether oxygens (including phenoxy) is 3. The van der Waals surface area contributed by atoms with Crippen LogP contribution in [0, 0.1) is 0 Å². The molecule has 64 heavy (non-hydrogen) atoms. The van der Waals surface area contributed by atoms with Crippen LogP contribution in [-0.2, 0) is 78.5 Å². The van der Waals surface area contributed by atoms with Crippen LogP contribution in [0.4, 0.5) is 4.79 Å². The number of esters is 2. The van der Waals surface area contributed by atoms with Crippen molar-refractivity contribution in [2.24, 2.45) is 5.73 Å². The molecule has 0 fully saturated rings. The van der Waals surface area contributed by atoms with Crippen LogP contribution in [0.25, 0.3) is 0 Å². The molecule has 0 unspecified atom stereocenters. The number of aryl methyl sites for hydroxylation is 6. The van der Waals surface area contributed by atoms with Crippen LogP contribution in [0.15, 0.2) is 54.6 Å². The van der Waals surface area contributed by atoms with Gasteiger partial charge in [0.05, 0.1) is 0 Å². The maximum absolute atomic E-state index is 12.6. The number of pyridine rings is 2. The Morgan fingerprint density at radius 2 is 1.11 bits per heavy atom. The lowest BCUT2D eigenvalue weighted by Gasteiger charge is -2.24. The maximum Gasteiger partial charge on any atom is 0.408 e. The smallest absolute Gasteiger partial charge is 0.408 e. The van der Waals surface area contributed by atoms with Crippen molar-refractivity contribution in [3.8, 4) is 0 Å². The largest absolute Gasteiger partial charge is 0.459 e. The number of carbonyl (C=O) groups is 5. The van der Waals surface area contributed by atoms with Gasteiger partial charge in [-0.1, -0.05) is 42.5 Å². The summed E-state index contributed by atoms with van der Waals surface area (Å²) in [7, 11) is 0. The third-order valence-corrected chi connectivity index (χ3v) is 10.6. The third-order valence-electron chi connectivity index (χ3n) is 10.6. The van der Waals surface area contributed by atoms with Crippen molar-refractivity contribution in [2.45, 2.75) is 174 Å². The van der Waals surface area contributed by atoms with E-state index in [9.17, 15) is 24.0 Å². The van der Waals surface area contributed by atoms with Crippen LogP contribution >= 0.6 is 0 Å². The van der Waals surface area contributed by atoms with E-state index in [-0.39, 0.29) is 31.5 Å². The van der Waals surface area contributed by atoms with Crippen molar-refractivity contribution < 1.29 is 38.2 Å². The molecule has 0 spiro atoms. The molecule has 2 aliphatic rings. The fraction of sp³-hybridized carbons (Fsp3) is 0.580. The molecule has 0 aliphatic heterocycles. The summed E-state index contributed by atoms with van der Waals surface area (Å²) in [4.78, 5) is 70.7. The van der Waals surface area contributed by atoms with E-state index in [0.29, 0.717) is 19.3 Å². The Hall–Kier alpha value is -5.37. The van der Waals surface area contributed by atoms with Gasteiger partial charge in [-0.05, 0) is 160 Å². The third kappa shape index (κ3) is 20.0. The molecule has 0 saturated carbocycles. The van der Waals surface area contributed by atoms with Gasteiger partial charge in [0.25, 0.3) is 0 Å². The van der Waals surface area contributed by atoms with Crippen LogP contribution in [0.5, 0.6) is 0 Å². The van der Waals surface area contributed by atoms with Gasteiger partial charge in [-0.15, -0.1) is 0 Å². The molecule has 2 aliphatic carbocycles. The van der Waals surface area contributed by atoms with E-state index < -0.39 is 41.3 Å². The average Bonchev–Trinajstić information content (AvgIpc) is 3.25. The zero-order valence-corrected chi connectivity index (χ0v) is 39.0. The lowest BCUT2D eigenvalue weighted by atomic mass is 9.95. The molecule has 3 amide bonds. The number of amides is 3. The van der Waals surface area contributed by atoms with Gasteiger partial charge in [0.1, 0.15) is 29.9 Å². The Kier molecular flexibility index (Phi) is 20.7. The first-order valence-electron chi connectivity index (χ1n) is 23.1. The van der Waals surface area contributed by atoms with Crippen LogP contribution in [0.2, 0.25) is 0 Å². The molecule has 14 heteroatoms. The Morgan fingerprint density at radius 3 is 1.62 bits per heavy atom. The Labute approximate surface area is 380 Å². The number of unbranched alkanes of at least 4 members (excludes halogenated alkanes) is 2. The molecule has 0 radical (unpaired) electrons. The summed E-state index contributed by atoms with van der Waals surface area (Å²) in [5.74, 6) is -1.41. The van der Waals surface area contributed by atoms with Gasteiger partial charge in [0.15, 0.2) is 0 Å². The molecule has 350 valence electrons. The molecule has 5 rings (SSSR count). The molecule has 2 atom stereocenters. The highest BCUT2D eigenvalue weighted by Gasteiger charge is 2.28. The highest BCUT2D eigenvalue weighted by molar-refractivity contribution is 5.83. The highest BCUT2D eigenvalue weighted by Crippen LogP contribution is 2.22. The molecule has 1 aromatic carbocycles. The minimum absolute atomic E-state index is 0.0686. The normalized spacial score (nSPS) is 14.2. The summed E-state index contributed by atoms with van der Waals surface area (Å²) in [5, 5.41) is 7.97. The molecule has 3 aromatic rings. The van der Waals surface area contributed by atoms with Crippen molar-refractivity contribution >= 4 is 29.8 Å². The van der Waals surface area contributed by atoms with Crippen molar-refractivity contribution in [2.75, 3.05) is 13.1 Å². The molecule has 0 saturated heterocycles. The van der Waals surface area contributed by atoms with E-state index >= 15 is 0 Å². The first-order chi connectivity index (χ1) is 30.4. The fourth-order valence-electron chi connectivity index (χ4n) is 7.27. The monoisotopic (exact) mass is 885 g/mol. The average molecular weight is 885 g/mol. The zero-order chi connectivity index (χ0) is 46.5. The molecular weight excluding hydrogens is 813 g/mol. The number of rotatable bonds is 19. The van der Waals surface area contributed by atoms with Crippen LogP contribution in [0.3, 0.4) is 0 Å². The SMILES string of the molecule is CC(C)(C)OC(=O)[C@@H](N)CNC(=O)CCCCc1ccc2c(n1)CCCC2.CC(C)(C)OC(=O)[C@H](CNC(=O)CCCCc1ccc2c(n1)CCCC2)NC(=O)OCc1ccccc1. The van der Waals surface area contributed by atoms with Gasteiger partial charge in [-0.25, -0.2) is 9.59 Å². The van der Waals surface area contributed by atoms with Crippen molar-refractivity contribution in [1.82, 2.24) is 25.9 Å². The van der Waals surface area contributed by atoms with Crippen LogP contribution in [0.1, 0.15) is 145 Å². The lowest BCUT2D eigenvalue weighted by Crippen LogP contribution is -2.50. The van der Waals surface area contributed by atoms with E-state index in [1.807, 2.05) is 30.3 Å². The fourth-order valence-corrected chi connectivity index (χ4v) is 7.27. The van der Waals surface area contributed by atoms with E-state index in [1.54, 1.807) is 41.5 Å². The van der Waals surface area contributed by atoms with Gasteiger partial charge in [-0.2, -0.15) is 0 Å². The molecule has 2 aromatic heterocycles. The number of nitrogens with zero attached hydrogens (tertiary/aromatic N) is 2. The molecule has 0 bridgehead atoms. The summed E-state index contributed by atoms with van der Waals surface area (Å²) in [6.07, 6.45) is 14.3. The number of nitrogens with two attached hydrogens (primary N) is 1. The summed E-state index contributed by atoms with van der Waals surface area (Å²) < 4.78 is 15.8. The minimum Gasteiger partial charge on any atom is -0.459 e. The van der Waals surface area contributed by atoms with Crippen molar-refractivity contribution in [3.05, 3.63) is 94.1 Å². The number of fused-ring (bicyclic) bond motifs is 2. The number of hydrogen-bond acceptors (Lipinski definition) is 11. The lowest BCUT2D eigenvalue weighted by molar-refractivity contribution is -0.158. The second-order valence-corrected chi connectivity index (χ2v) is 18.7. The first kappa shape index (κ1) is 51.3. The van der Waals surface area contributed by atoms with Crippen molar-refractivity contribution in [1.29, 1.82) is 0 Å². The van der Waals surface area contributed by atoms with E-state index in [1.165, 1.54) is 48.2 Å². The highest BCUT2D eigenvalue weighted by atomic mass is 16.6. The summed E-state index contributed by atoms with van der Waals surface area (Å²) in [5.41, 5.74) is 12.7. The van der Waals surface area contributed by atoms with E-state index in [0.717, 1.165) is 74.7 Å². The second kappa shape index (κ2) is 25.8. The summed E-state index contributed by atoms with van der Waals surface area (Å²) in [6.45, 7) is 10.7. The van der Waals surface area contributed by atoms with E-state index in [2.05, 4.69) is 40.2 Å². The predicted octanol–water partition coefficient (Wildman–Crippen LogP) is 6.88. The molecule has 14 nitrogen and oxygen atoms in total. The van der Waals surface area contributed by atoms with Gasteiger partial charge in [0, 0.05) is 48.7 Å². The quantitative estimate of drug-likeness (QED) is 0.0556. The first-order valence-corrected chi connectivity index (χ1v) is 23.1. The van der Waals surface area contributed by atoms with Gasteiger partial charge in [0.2, 0.25) is 11.8 Å². The number of carbonyl (C=O) groups excluding carboxylic acids is 5. The van der Waals surface area contributed by atoms with Gasteiger partial charge < -0.3 is 35.9 Å². The van der Waals surface area contributed by atoms with Gasteiger partial charge in [-0.3, -0.25) is 24.4 Å². The number of nitrogens with one attached hydrogen (secondary N) is 3. The molecule has 5 N–H and O–H groups in total. The number of aromatic nitrogens is 2. The topological polar surface area (TPSA) is 201 Å². The maximum atomic E-state index is 12.6. The predicted molar refractivity (Wildman–Crippen MR) is 246 cm³/mol. The van der Waals surface area contributed by atoms with Gasteiger partial charge >= 0.3 is 18.0 Å². The Morgan fingerprint density at radius 1 is 0.625 bits per heavy atom.